The lowest BCUT2D eigenvalue weighted by atomic mass is 9.98. The lowest BCUT2D eigenvalue weighted by Crippen LogP contribution is -2.46. The maximum atomic E-state index is 13.7. The summed E-state index contributed by atoms with van der Waals surface area (Å²) in [5, 5.41) is 6.31. The van der Waals surface area contributed by atoms with Crippen LogP contribution in [0.5, 0.6) is 11.5 Å². The molecule has 1 saturated heterocycles. The summed E-state index contributed by atoms with van der Waals surface area (Å²) in [6.07, 6.45) is 0.915. The molecule has 0 aliphatic carbocycles. The number of methoxy groups -OCH3 is 2. The molecule has 198 valence electrons. The quantitative estimate of drug-likeness (QED) is 0.491. The third kappa shape index (κ3) is 6.67. The van der Waals surface area contributed by atoms with E-state index in [0.717, 1.165) is 41.4 Å². The van der Waals surface area contributed by atoms with Crippen LogP contribution in [-0.4, -0.2) is 92.5 Å². The Morgan fingerprint density at radius 1 is 1.00 bits per heavy atom. The van der Waals surface area contributed by atoms with Gasteiger partial charge in [-0.25, -0.2) is 5.01 Å². The molecule has 0 unspecified atom stereocenters. The average molecular weight is 509 g/mol. The molecule has 0 saturated carbocycles. The Morgan fingerprint density at radius 2 is 1.62 bits per heavy atom. The van der Waals surface area contributed by atoms with E-state index < -0.39 is 0 Å². The van der Waals surface area contributed by atoms with Crippen molar-refractivity contribution in [3.8, 4) is 11.5 Å². The van der Waals surface area contributed by atoms with Gasteiger partial charge in [-0.1, -0.05) is 19.1 Å². The molecule has 2 aliphatic heterocycles. The number of nitrogens with zero attached hydrogens (tertiary/aromatic N) is 4. The van der Waals surface area contributed by atoms with Crippen LogP contribution >= 0.6 is 0 Å². The molecule has 2 aromatic carbocycles. The lowest BCUT2D eigenvalue weighted by molar-refractivity contribution is -0.141. The Balaban J connectivity index is 1.54. The predicted octanol–water partition coefficient (Wildman–Crippen LogP) is 2.95. The Morgan fingerprint density at radius 3 is 2.22 bits per heavy atom. The minimum absolute atomic E-state index is 0.0109. The van der Waals surface area contributed by atoms with Gasteiger partial charge in [-0.3, -0.25) is 14.5 Å². The molecule has 1 atom stereocenters. The van der Waals surface area contributed by atoms with Gasteiger partial charge in [-0.15, -0.1) is 0 Å². The smallest absolute Gasteiger partial charge is 0.262 e. The summed E-state index contributed by atoms with van der Waals surface area (Å²) in [5.74, 6) is 1.27. The maximum absolute atomic E-state index is 13.7. The van der Waals surface area contributed by atoms with E-state index in [9.17, 15) is 9.59 Å². The Labute approximate surface area is 218 Å². The zero-order valence-electron chi connectivity index (χ0n) is 21.9. The van der Waals surface area contributed by atoms with Crippen molar-refractivity contribution in [2.45, 2.75) is 25.8 Å². The van der Waals surface area contributed by atoms with Crippen molar-refractivity contribution in [2.24, 2.45) is 5.10 Å². The highest BCUT2D eigenvalue weighted by Crippen LogP contribution is 2.34. The number of carbonyl (C=O) groups is 2. The van der Waals surface area contributed by atoms with Crippen LogP contribution in [0, 0.1) is 0 Å². The number of benzene rings is 2. The van der Waals surface area contributed by atoms with Gasteiger partial charge in [0.15, 0.2) is 0 Å². The number of hydrogen-bond donors (Lipinski definition) is 0. The summed E-state index contributed by atoms with van der Waals surface area (Å²) in [6, 6.07) is 15.1. The summed E-state index contributed by atoms with van der Waals surface area (Å²) >= 11 is 0. The SMILES string of the molecule is CCC(=O)N(CCN1CCOCC1)CC(=O)N1N=C(c2ccc(OC)cc2)C[C@H]1c1ccc(OC)cc1. The Hall–Kier alpha value is -3.43. The normalized spacial score (nSPS) is 17.9. The first kappa shape index (κ1) is 26.6. The van der Waals surface area contributed by atoms with Crippen LogP contribution in [-0.2, 0) is 14.3 Å². The number of ether oxygens (including phenoxy) is 3. The maximum Gasteiger partial charge on any atom is 0.262 e. The van der Waals surface area contributed by atoms with E-state index in [1.54, 1.807) is 24.1 Å². The van der Waals surface area contributed by atoms with Crippen LogP contribution in [0.25, 0.3) is 0 Å². The molecule has 9 nitrogen and oxygen atoms in total. The van der Waals surface area contributed by atoms with E-state index in [1.165, 1.54) is 0 Å². The van der Waals surface area contributed by atoms with Gasteiger partial charge in [-0.05, 0) is 47.5 Å². The topological polar surface area (TPSA) is 83.9 Å². The molecule has 0 aromatic heterocycles. The number of rotatable bonds is 10. The molecule has 9 heteroatoms. The van der Waals surface area contributed by atoms with Crippen LogP contribution in [0.4, 0.5) is 0 Å². The molecule has 4 rings (SSSR count). The first-order valence-electron chi connectivity index (χ1n) is 12.8. The van der Waals surface area contributed by atoms with Gasteiger partial charge in [0.25, 0.3) is 5.91 Å². The van der Waals surface area contributed by atoms with Crippen LogP contribution < -0.4 is 9.47 Å². The van der Waals surface area contributed by atoms with Gasteiger partial charge in [-0.2, -0.15) is 5.10 Å². The molecule has 0 bridgehead atoms. The lowest BCUT2D eigenvalue weighted by Gasteiger charge is -2.31. The fourth-order valence-electron chi connectivity index (χ4n) is 4.62. The van der Waals surface area contributed by atoms with Crippen molar-refractivity contribution in [3.05, 3.63) is 59.7 Å². The van der Waals surface area contributed by atoms with Crippen molar-refractivity contribution in [2.75, 3.05) is 60.2 Å². The molecular weight excluding hydrogens is 472 g/mol. The second-order valence-corrected chi connectivity index (χ2v) is 9.13. The molecule has 2 aliphatic rings. The third-order valence-corrected chi connectivity index (χ3v) is 6.86. The fraction of sp³-hybridized carbons (Fsp3) is 0.464. The highest BCUT2D eigenvalue weighted by Gasteiger charge is 2.34. The summed E-state index contributed by atoms with van der Waals surface area (Å²) in [5.41, 5.74) is 2.71. The summed E-state index contributed by atoms with van der Waals surface area (Å²) < 4.78 is 16.0. The van der Waals surface area contributed by atoms with Gasteiger partial charge in [0.2, 0.25) is 5.91 Å². The molecule has 37 heavy (non-hydrogen) atoms. The van der Waals surface area contributed by atoms with E-state index in [0.29, 0.717) is 39.1 Å². The van der Waals surface area contributed by atoms with E-state index in [1.807, 2.05) is 55.5 Å². The van der Waals surface area contributed by atoms with Crippen molar-refractivity contribution >= 4 is 17.5 Å². The minimum atomic E-state index is -0.270. The molecular formula is C28H36N4O5. The van der Waals surface area contributed by atoms with Crippen LogP contribution in [0.1, 0.15) is 36.9 Å². The summed E-state index contributed by atoms with van der Waals surface area (Å²) in [6.45, 7) is 6.08. The van der Waals surface area contributed by atoms with Crippen molar-refractivity contribution in [1.29, 1.82) is 0 Å². The summed E-state index contributed by atoms with van der Waals surface area (Å²) in [7, 11) is 3.26. The van der Waals surface area contributed by atoms with Gasteiger partial charge in [0.05, 0.1) is 39.2 Å². The first-order valence-corrected chi connectivity index (χ1v) is 12.8. The highest BCUT2D eigenvalue weighted by molar-refractivity contribution is 6.03. The van der Waals surface area contributed by atoms with E-state index in [2.05, 4.69) is 4.90 Å². The molecule has 2 aromatic rings. The third-order valence-electron chi connectivity index (χ3n) is 6.86. The second kappa shape index (κ2) is 12.7. The molecule has 0 radical (unpaired) electrons. The monoisotopic (exact) mass is 508 g/mol. The molecule has 1 fully saturated rings. The van der Waals surface area contributed by atoms with Gasteiger partial charge >= 0.3 is 0 Å². The number of morpholine rings is 1. The van der Waals surface area contributed by atoms with Gasteiger partial charge in [0, 0.05) is 39.0 Å². The number of hydrazone groups is 1. The van der Waals surface area contributed by atoms with Crippen molar-refractivity contribution in [1.82, 2.24) is 14.8 Å². The fourth-order valence-corrected chi connectivity index (χ4v) is 4.62. The van der Waals surface area contributed by atoms with E-state index >= 15 is 0 Å². The van der Waals surface area contributed by atoms with Crippen molar-refractivity contribution in [3.63, 3.8) is 0 Å². The molecule has 2 amide bonds. The first-order chi connectivity index (χ1) is 18.0. The second-order valence-electron chi connectivity index (χ2n) is 9.13. The summed E-state index contributed by atoms with van der Waals surface area (Å²) in [4.78, 5) is 30.3. The molecule has 2 heterocycles. The average Bonchev–Trinajstić information content (AvgIpc) is 3.41. The minimum Gasteiger partial charge on any atom is -0.497 e. The van der Waals surface area contributed by atoms with Gasteiger partial charge in [0.1, 0.15) is 18.0 Å². The Kier molecular flexibility index (Phi) is 9.14. The highest BCUT2D eigenvalue weighted by atomic mass is 16.5. The van der Waals surface area contributed by atoms with Crippen LogP contribution in [0.2, 0.25) is 0 Å². The van der Waals surface area contributed by atoms with Crippen LogP contribution in [0.3, 0.4) is 0 Å². The number of carbonyl (C=O) groups excluding carboxylic acids is 2. The predicted molar refractivity (Wildman–Crippen MR) is 141 cm³/mol. The largest absolute Gasteiger partial charge is 0.497 e. The number of hydrogen-bond acceptors (Lipinski definition) is 7. The van der Waals surface area contributed by atoms with E-state index in [4.69, 9.17) is 19.3 Å². The zero-order valence-corrected chi connectivity index (χ0v) is 21.9. The Bertz CT molecular complexity index is 1080. The number of amides is 2. The zero-order chi connectivity index (χ0) is 26.2. The molecule has 0 spiro atoms. The van der Waals surface area contributed by atoms with Gasteiger partial charge < -0.3 is 19.1 Å². The van der Waals surface area contributed by atoms with Crippen LogP contribution in [0.15, 0.2) is 53.6 Å². The van der Waals surface area contributed by atoms with Crippen molar-refractivity contribution < 1.29 is 23.8 Å². The standard InChI is InChI=1S/C28H36N4O5/c1-4-27(33)31(14-13-30-15-17-37-18-16-30)20-28(34)32-26(22-7-11-24(36-3)12-8-22)19-25(29-32)21-5-9-23(35-2)10-6-21/h5-12,26H,4,13-20H2,1-3H3/t26-/m0/s1. The van der Waals surface area contributed by atoms with E-state index in [-0.39, 0.29) is 24.4 Å². The molecule has 0 N–H and O–H groups in total.